The number of nitrogens with zero attached hydrogens (tertiary/aromatic N) is 2. The van der Waals surface area contributed by atoms with Crippen LogP contribution in [0.15, 0.2) is 47.1 Å². The summed E-state index contributed by atoms with van der Waals surface area (Å²) in [5, 5.41) is 9.54. The molecule has 1 aromatic carbocycles. The van der Waals surface area contributed by atoms with Gasteiger partial charge >= 0.3 is 0 Å². The second-order valence-corrected chi connectivity index (χ2v) is 11.5. The van der Waals surface area contributed by atoms with Crippen molar-refractivity contribution in [1.29, 1.82) is 0 Å². The first-order valence-electron chi connectivity index (χ1n) is 14.8. The van der Waals surface area contributed by atoms with Gasteiger partial charge in [-0.15, -0.1) is 0 Å². The van der Waals surface area contributed by atoms with E-state index in [1.54, 1.807) is 0 Å². The van der Waals surface area contributed by atoms with Gasteiger partial charge in [0.2, 0.25) is 17.6 Å². The Morgan fingerprint density at radius 2 is 1.69 bits per heavy atom. The molecule has 2 aromatic rings. The molecule has 3 atom stereocenters. The van der Waals surface area contributed by atoms with Crippen molar-refractivity contribution >= 4 is 17.7 Å². The molecule has 1 aliphatic heterocycles. The van der Waals surface area contributed by atoms with E-state index in [2.05, 4.69) is 40.1 Å². The fourth-order valence-electron chi connectivity index (χ4n) is 5.99. The van der Waals surface area contributed by atoms with Gasteiger partial charge in [-0.3, -0.25) is 14.4 Å². The lowest BCUT2D eigenvalue weighted by Crippen LogP contribution is -2.57. The molecule has 2 fully saturated rings. The van der Waals surface area contributed by atoms with E-state index in [4.69, 9.17) is 4.52 Å². The summed E-state index contributed by atoms with van der Waals surface area (Å²) in [4.78, 5) is 42.1. The SMILES string of the molecule is CC[C@H](C)[C@H](NC(=O)[C@H](CC1CCCCC1)NC(=O)c1ccno1)C(=O)N1CCC(Cc2ccccc2)CC1. The molecule has 0 unspecified atom stereocenters. The van der Waals surface area contributed by atoms with Crippen LogP contribution in [0.25, 0.3) is 0 Å². The molecule has 8 nitrogen and oxygen atoms in total. The Morgan fingerprint density at radius 3 is 2.33 bits per heavy atom. The molecule has 4 rings (SSSR count). The van der Waals surface area contributed by atoms with Crippen LogP contribution in [-0.4, -0.2) is 53.0 Å². The zero-order valence-electron chi connectivity index (χ0n) is 23.4. The summed E-state index contributed by atoms with van der Waals surface area (Å²) in [7, 11) is 0. The van der Waals surface area contributed by atoms with Gasteiger partial charge in [-0.2, -0.15) is 0 Å². The highest BCUT2D eigenvalue weighted by atomic mass is 16.5. The quantitative estimate of drug-likeness (QED) is 0.431. The molecule has 1 aromatic heterocycles. The number of carbonyl (C=O) groups excluding carboxylic acids is 3. The van der Waals surface area contributed by atoms with Crippen molar-refractivity contribution in [3.8, 4) is 0 Å². The predicted molar refractivity (Wildman–Crippen MR) is 150 cm³/mol. The molecule has 2 N–H and O–H groups in total. The second-order valence-electron chi connectivity index (χ2n) is 11.5. The Labute approximate surface area is 232 Å². The molecule has 2 aliphatic rings. The molecule has 1 saturated carbocycles. The zero-order valence-corrected chi connectivity index (χ0v) is 23.4. The molecule has 0 bridgehead atoms. The lowest BCUT2D eigenvalue weighted by atomic mass is 9.84. The lowest BCUT2D eigenvalue weighted by molar-refractivity contribution is -0.139. The molecule has 212 valence electrons. The maximum Gasteiger partial charge on any atom is 0.290 e. The van der Waals surface area contributed by atoms with Gasteiger partial charge in [0.15, 0.2) is 0 Å². The van der Waals surface area contributed by atoms with Gasteiger partial charge in [0.25, 0.3) is 5.91 Å². The average molecular weight is 537 g/mol. The molecule has 0 spiro atoms. The Balaban J connectivity index is 1.39. The van der Waals surface area contributed by atoms with Crippen LogP contribution < -0.4 is 10.6 Å². The van der Waals surface area contributed by atoms with Crippen molar-refractivity contribution in [2.45, 2.75) is 90.1 Å². The van der Waals surface area contributed by atoms with Crippen LogP contribution in [0.5, 0.6) is 0 Å². The van der Waals surface area contributed by atoms with Gasteiger partial charge in [0.05, 0.1) is 6.20 Å². The molecule has 1 saturated heterocycles. The highest BCUT2D eigenvalue weighted by Crippen LogP contribution is 2.28. The third-order valence-electron chi connectivity index (χ3n) is 8.65. The van der Waals surface area contributed by atoms with E-state index in [1.807, 2.05) is 24.8 Å². The maximum absolute atomic E-state index is 13.7. The molecular formula is C31H44N4O4. The summed E-state index contributed by atoms with van der Waals surface area (Å²) in [6.07, 6.45) is 11.3. The van der Waals surface area contributed by atoms with E-state index in [-0.39, 0.29) is 23.5 Å². The monoisotopic (exact) mass is 536 g/mol. The van der Waals surface area contributed by atoms with Gasteiger partial charge in [0.1, 0.15) is 12.1 Å². The lowest BCUT2D eigenvalue weighted by Gasteiger charge is -2.36. The average Bonchev–Trinajstić information content (AvgIpc) is 3.52. The first-order valence-corrected chi connectivity index (χ1v) is 14.8. The Kier molecular flexibility index (Phi) is 10.6. The van der Waals surface area contributed by atoms with Crippen LogP contribution in [0.4, 0.5) is 0 Å². The zero-order chi connectivity index (χ0) is 27.6. The molecule has 39 heavy (non-hydrogen) atoms. The van der Waals surface area contributed by atoms with Crippen LogP contribution >= 0.6 is 0 Å². The predicted octanol–water partition coefficient (Wildman–Crippen LogP) is 4.76. The third-order valence-corrected chi connectivity index (χ3v) is 8.65. The Hall–Kier alpha value is -3.16. The van der Waals surface area contributed by atoms with Crippen LogP contribution in [0, 0.1) is 17.8 Å². The fourth-order valence-corrected chi connectivity index (χ4v) is 5.99. The summed E-state index contributed by atoms with van der Waals surface area (Å²) in [6.45, 7) is 5.45. The molecular weight excluding hydrogens is 492 g/mol. The van der Waals surface area contributed by atoms with Gasteiger partial charge in [0, 0.05) is 19.2 Å². The number of hydrogen-bond donors (Lipinski definition) is 2. The summed E-state index contributed by atoms with van der Waals surface area (Å²) < 4.78 is 5.01. The number of piperidine rings is 1. The smallest absolute Gasteiger partial charge is 0.290 e. The van der Waals surface area contributed by atoms with E-state index in [9.17, 15) is 14.4 Å². The van der Waals surface area contributed by atoms with Crippen molar-refractivity contribution in [3.63, 3.8) is 0 Å². The van der Waals surface area contributed by atoms with E-state index < -0.39 is 18.0 Å². The number of hydrogen-bond acceptors (Lipinski definition) is 5. The Bertz CT molecular complexity index is 1040. The number of carbonyl (C=O) groups is 3. The highest BCUT2D eigenvalue weighted by molar-refractivity contribution is 5.96. The molecule has 2 heterocycles. The van der Waals surface area contributed by atoms with E-state index in [0.29, 0.717) is 31.3 Å². The van der Waals surface area contributed by atoms with E-state index in [0.717, 1.165) is 51.4 Å². The first kappa shape index (κ1) is 28.8. The van der Waals surface area contributed by atoms with Crippen LogP contribution in [0.1, 0.15) is 87.8 Å². The van der Waals surface area contributed by atoms with Gasteiger partial charge in [-0.05, 0) is 49.0 Å². The summed E-state index contributed by atoms with van der Waals surface area (Å²) in [5.41, 5.74) is 1.34. The third kappa shape index (κ3) is 8.16. The number of rotatable bonds is 11. The number of benzene rings is 1. The van der Waals surface area contributed by atoms with Crippen molar-refractivity contribution in [1.82, 2.24) is 20.7 Å². The standard InChI is InChI=1S/C31H44N4O4/c1-3-22(2)28(31(38)35-18-15-25(16-19-35)20-23-10-6-4-7-11-23)34-29(36)26(21-24-12-8-5-9-13-24)33-30(37)27-14-17-32-39-27/h4,6-7,10-11,14,17,22,24-26,28H,3,5,8-9,12-13,15-16,18-21H2,1-2H3,(H,33,37)(H,34,36)/t22-,26-,28-/m0/s1. The van der Waals surface area contributed by atoms with Crippen LogP contribution in [-0.2, 0) is 16.0 Å². The van der Waals surface area contributed by atoms with Crippen LogP contribution in [0.2, 0.25) is 0 Å². The topological polar surface area (TPSA) is 105 Å². The summed E-state index contributed by atoms with van der Waals surface area (Å²) in [5.74, 6) is 0.189. The van der Waals surface area contributed by atoms with Crippen molar-refractivity contribution in [2.75, 3.05) is 13.1 Å². The minimum absolute atomic E-state index is 0.0196. The minimum atomic E-state index is -0.735. The normalized spacial score (nSPS) is 19.2. The van der Waals surface area contributed by atoms with Gasteiger partial charge < -0.3 is 20.1 Å². The fraction of sp³-hybridized carbons (Fsp3) is 0.613. The Morgan fingerprint density at radius 1 is 0.974 bits per heavy atom. The molecule has 8 heteroatoms. The van der Waals surface area contributed by atoms with Gasteiger partial charge in [-0.25, -0.2) is 0 Å². The summed E-state index contributed by atoms with van der Waals surface area (Å²) >= 11 is 0. The van der Waals surface area contributed by atoms with E-state index >= 15 is 0 Å². The molecule has 3 amide bonds. The highest BCUT2D eigenvalue weighted by Gasteiger charge is 2.35. The number of nitrogens with one attached hydrogen (secondary N) is 2. The minimum Gasteiger partial charge on any atom is -0.351 e. The first-order chi connectivity index (χ1) is 18.9. The second kappa shape index (κ2) is 14.3. The molecule has 1 aliphatic carbocycles. The molecule has 0 radical (unpaired) electrons. The van der Waals surface area contributed by atoms with Crippen molar-refractivity contribution < 1.29 is 18.9 Å². The van der Waals surface area contributed by atoms with E-state index in [1.165, 1.54) is 24.2 Å². The van der Waals surface area contributed by atoms with Crippen molar-refractivity contribution in [2.24, 2.45) is 17.8 Å². The van der Waals surface area contributed by atoms with Crippen LogP contribution in [0.3, 0.4) is 0 Å². The number of amides is 3. The largest absolute Gasteiger partial charge is 0.351 e. The number of likely N-dealkylation sites (tertiary alicyclic amines) is 1. The maximum atomic E-state index is 13.7. The number of aromatic nitrogens is 1. The summed E-state index contributed by atoms with van der Waals surface area (Å²) in [6, 6.07) is 10.6. The van der Waals surface area contributed by atoms with Crippen molar-refractivity contribution in [3.05, 3.63) is 53.9 Å². The van der Waals surface area contributed by atoms with Gasteiger partial charge in [-0.1, -0.05) is 87.9 Å².